The lowest BCUT2D eigenvalue weighted by Crippen LogP contribution is -2.27. The predicted molar refractivity (Wildman–Crippen MR) is 50.4 cm³/mol. The SMILES string of the molecule is CCC(C)NCCCC(N)=NO. The molecular formula is C8H19N3O. The summed E-state index contributed by atoms with van der Waals surface area (Å²) in [5.41, 5.74) is 5.29. The molecule has 0 aliphatic carbocycles. The second-order valence-corrected chi connectivity index (χ2v) is 2.96. The summed E-state index contributed by atoms with van der Waals surface area (Å²) in [6.07, 6.45) is 2.70. The fourth-order valence-corrected chi connectivity index (χ4v) is 0.812. The topological polar surface area (TPSA) is 70.6 Å². The summed E-state index contributed by atoms with van der Waals surface area (Å²) in [7, 11) is 0. The van der Waals surface area contributed by atoms with Crippen LogP contribution >= 0.6 is 0 Å². The highest BCUT2D eigenvalue weighted by Gasteiger charge is 1.97. The van der Waals surface area contributed by atoms with Crippen LogP contribution in [-0.2, 0) is 0 Å². The Labute approximate surface area is 73.8 Å². The normalized spacial score (nSPS) is 14.7. The van der Waals surface area contributed by atoms with Crippen molar-refractivity contribution in [1.29, 1.82) is 0 Å². The first-order chi connectivity index (χ1) is 5.70. The van der Waals surface area contributed by atoms with Gasteiger partial charge in [0, 0.05) is 12.5 Å². The molecule has 0 aromatic rings. The number of nitrogens with one attached hydrogen (secondary N) is 1. The number of nitrogens with two attached hydrogens (primary N) is 1. The van der Waals surface area contributed by atoms with E-state index in [0.717, 1.165) is 19.4 Å². The molecule has 0 aliphatic rings. The number of nitrogens with zero attached hydrogens (tertiary/aromatic N) is 1. The second kappa shape index (κ2) is 6.91. The Morgan fingerprint density at radius 2 is 2.33 bits per heavy atom. The van der Waals surface area contributed by atoms with Gasteiger partial charge in [-0.2, -0.15) is 0 Å². The third-order valence-corrected chi connectivity index (χ3v) is 1.84. The zero-order chi connectivity index (χ0) is 9.40. The zero-order valence-electron chi connectivity index (χ0n) is 7.88. The number of oxime groups is 1. The van der Waals surface area contributed by atoms with Crippen LogP contribution in [0.25, 0.3) is 0 Å². The van der Waals surface area contributed by atoms with E-state index >= 15 is 0 Å². The van der Waals surface area contributed by atoms with Gasteiger partial charge in [-0.3, -0.25) is 0 Å². The summed E-state index contributed by atoms with van der Waals surface area (Å²) in [5, 5.41) is 14.4. The van der Waals surface area contributed by atoms with Crippen LogP contribution in [-0.4, -0.2) is 23.6 Å². The first-order valence-electron chi connectivity index (χ1n) is 4.40. The molecule has 0 spiro atoms. The summed E-state index contributed by atoms with van der Waals surface area (Å²) >= 11 is 0. The quantitative estimate of drug-likeness (QED) is 0.184. The highest BCUT2D eigenvalue weighted by molar-refractivity contribution is 5.79. The van der Waals surface area contributed by atoms with E-state index in [1.807, 2.05) is 0 Å². The molecule has 0 aromatic heterocycles. The van der Waals surface area contributed by atoms with Crippen molar-refractivity contribution in [2.24, 2.45) is 10.9 Å². The summed E-state index contributed by atoms with van der Waals surface area (Å²) in [6, 6.07) is 0.553. The van der Waals surface area contributed by atoms with Gasteiger partial charge in [-0.25, -0.2) is 0 Å². The molecule has 4 heteroatoms. The number of hydrogen-bond donors (Lipinski definition) is 3. The molecule has 0 amide bonds. The average molecular weight is 173 g/mol. The lowest BCUT2D eigenvalue weighted by Gasteiger charge is -2.09. The predicted octanol–water partition coefficient (Wildman–Crippen LogP) is 0.901. The minimum Gasteiger partial charge on any atom is -0.409 e. The van der Waals surface area contributed by atoms with Crippen molar-refractivity contribution in [1.82, 2.24) is 5.32 Å². The Balaban J connectivity index is 3.21. The second-order valence-electron chi connectivity index (χ2n) is 2.96. The van der Waals surface area contributed by atoms with Crippen LogP contribution in [0, 0.1) is 0 Å². The maximum absolute atomic E-state index is 8.23. The van der Waals surface area contributed by atoms with E-state index in [0.29, 0.717) is 18.3 Å². The van der Waals surface area contributed by atoms with E-state index in [9.17, 15) is 0 Å². The van der Waals surface area contributed by atoms with Crippen molar-refractivity contribution >= 4 is 5.84 Å². The third-order valence-electron chi connectivity index (χ3n) is 1.84. The molecule has 0 aliphatic heterocycles. The minimum atomic E-state index is 0.306. The summed E-state index contributed by atoms with van der Waals surface area (Å²) in [4.78, 5) is 0. The molecule has 0 aromatic carbocycles. The molecule has 0 saturated carbocycles. The highest BCUT2D eigenvalue weighted by Crippen LogP contribution is 1.91. The summed E-state index contributed by atoms with van der Waals surface area (Å²) < 4.78 is 0. The van der Waals surface area contributed by atoms with Crippen LogP contribution < -0.4 is 11.1 Å². The van der Waals surface area contributed by atoms with Gasteiger partial charge in [-0.1, -0.05) is 12.1 Å². The molecular weight excluding hydrogens is 154 g/mol. The Kier molecular flexibility index (Phi) is 6.47. The van der Waals surface area contributed by atoms with Crippen molar-refractivity contribution < 1.29 is 5.21 Å². The van der Waals surface area contributed by atoms with Crippen LogP contribution in [0.2, 0.25) is 0 Å². The van der Waals surface area contributed by atoms with Gasteiger partial charge in [0.2, 0.25) is 0 Å². The fraction of sp³-hybridized carbons (Fsp3) is 0.875. The van der Waals surface area contributed by atoms with Crippen molar-refractivity contribution in [3.8, 4) is 0 Å². The van der Waals surface area contributed by atoms with E-state index in [1.54, 1.807) is 0 Å². The molecule has 12 heavy (non-hydrogen) atoms. The summed E-state index contributed by atoms with van der Waals surface area (Å²) in [6.45, 7) is 5.20. The average Bonchev–Trinajstić information content (AvgIpc) is 2.11. The lowest BCUT2D eigenvalue weighted by molar-refractivity contribution is 0.316. The van der Waals surface area contributed by atoms with Gasteiger partial charge in [-0.05, 0) is 26.3 Å². The molecule has 0 saturated heterocycles. The first kappa shape index (κ1) is 11.2. The minimum absolute atomic E-state index is 0.306. The van der Waals surface area contributed by atoms with Gasteiger partial charge < -0.3 is 16.3 Å². The van der Waals surface area contributed by atoms with Gasteiger partial charge in [-0.15, -0.1) is 0 Å². The maximum Gasteiger partial charge on any atom is 0.139 e. The van der Waals surface area contributed by atoms with E-state index in [1.165, 1.54) is 0 Å². The van der Waals surface area contributed by atoms with E-state index < -0.39 is 0 Å². The van der Waals surface area contributed by atoms with Crippen molar-refractivity contribution in [2.45, 2.75) is 39.2 Å². The van der Waals surface area contributed by atoms with Crippen LogP contribution in [0.3, 0.4) is 0 Å². The summed E-state index contributed by atoms with van der Waals surface area (Å²) in [5.74, 6) is 0.306. The smallest absolute Gasteiger partial charge is 0.139 e. The molecule has 0 fully saturated rings. The van der Waals surface area contributed by atoms with E-state index in [4.69, 9.17) is 10.9 Å². The molecule has 4 N–H and O–H groups in total. The molecule has 0 bridgehead atoms. The Morgan fingerprint density at radius 3 is 2.83 bits per heavy atom. The third kappa shape index (κ3) is 5.97. The molecule has 72 valence electrons. The first-order valence-corrected chi connectivity index (χ1v) is 4.40. The zero-order valence-corrected chi connectivity index (χ0v) is 7.88. The molecule has 0 rings (SSSR count). The van der Waals surface area contributed by atoms with Gasteiger partial charge in [0.25, 0.3) is 0 Å². The maximum atomic E-state index is 8.23. The number of amidine groups is 1. The van der Waals surface area contributed by atoms with E-state index in [-0.39, 0.29) is 0 Å². The molecule has 1 unspecified atom stereocenters. The van der Waals surface area contributed by atoms with Crippen LogP contribution in [0.5, 0.6) is 0 Å². The number of rotatable bonds is 6. The monoisotopic (exact) mass is 173 g/mol. The molecule has 0 radical (unpaired) electrons. The van der Waals surface area contributed by atoms with Gasteiger partial charge in [0.1, 0.15) is 5.84 Å². The van der Waals surface area contributed by atoms with E-state index in [2.05, 4.69) is 24.3 Å². The van der Waals surface area contributed by atoms with Gasteiger partial charge in [0.05, 0.1) is 0 Å². The Hall–Kier alpha value is -0.770. The van der Waals surface area contributed by atoms with Crippen LogP contribution in [0.4, 0.5) is 0 Å². The largest absolute Gasteiger partial charge is 0.409 e. The van der Waals surface area contributed by atoms with Crippen molar-refractivity contribution in [2.75, 3.05) is 6.54 Å². The fourth-order valence-electron chi connectivity index (χ4n) is 0.812. The Morgan fingerprint density at radius 1 is 1.67 bits per heavy atom. The standard InChI is InChI=1S/C8H19N3O/c1-3-7(2)10-6-4-5-8(9)11-12/h7,10,12H,3-6H2,1-2H3,(H2,9,11). The highest BCUT2D eigenvalue weighted by atomic mass is 16.4. The Bertz CT molecular complexity index is 136. The van der Waals surface area contributed by atoms with Crippen LogP contribution in [0.15, 0.2) is 5.16 Å². The van der Waals surface area contributed by atoms with Gasteiger partial charge >= 0.3 is 0 Å². The van der Waals surface area contributed by atoms with Crippen LogP contribution in [0.1, 0.15) is 33.1 Å². The van der Waals surface area contributed by atoms with Gasteiger partial charge in [0.15, 0.2) is 0 Å². The van der Waals surface area contributed by atoms with Crippen molar-refractivity contribution in [3.05, 3.63) is 0 Å². The van der Waals surface area contributed by atoms with Crippen molar-refractivity contribution in [3.63, 3.8) is 0 Å². The lowest BCUT2D eigenvalue weighted by atomic mass is 10.2. The number of hydrogen-bond acceptors (Lipinski definition) is 3. The molecule has 4 nitrogen and oxygen atoms in total. The molecule has 0 heterocycles. The molecule has 1 atom stereocenters.